The number of nitrogens with one attached hydrogen (secondary N) is 1. The van der Waals surface area contributed by atoms with Crippen molar-refractivity contribution >= 4 is 5.91 Å². The van der Waals surface area contributed by atoms with Gasteiger partial charge in [0.1, 0.15) is 23.3 Å². The second-order valence-electron chi connectivity index (χ2n) is 5.14. The van der Waals surface area contributed by atoms with Crippen molar-refractivity contribution in [2.45, 2.75) is 6.04 Å². The molecule has 3 rings (SSSR count). The largest absolute Gasteiger partial charge is 0.496 e. The van der Waals surface area contributed by atoms with Crippen molar-refractivity contribution in [1.82, 2.24) is 24.8 Å². The van der Waals surface area contributed by atoms with Crippen LogP contribution in [0.3, 0.4) is 0 Å². The molecule has 0 radical (unpaired) electrons. The van der Waals surface area contributed by atoms with Gasteiger partial charge in [0.05, 0.1) is 13.3 Å². The highest BCUT2D eigenvalue weighted by Gasteiger charge is 2.24. The lowest BCUT2D eigenvalue weighted by Gasteiger charge is -2.21. The third-order valence-electron chi connectivity index (χ3n) is 3.64. The lowest BCUT2D eigenvalue weighted by molar-refractivity contribution is 0.0935. The van der Waals surface area contributed by atoms with Gasteiger partial charge >= 0.3 is 0 Å². The highest BCUT2D eigenvalue weighted by atomic mass is 16.5. The fourth-order valence-corrected chi connectivity index (χ4v) is 2.46. The number of hydrogen-bond acceptors (Lipinski definition) is 5. The molecule has 0 saturated carbocycles. The van der Waals surface area contributed by atoms with Crippen LogP contribution in [-0.4, -0.2) is 32.5 Å². The van der Waals surface area contributed by atoms with Crippen LogP contribution in [0, 0.1) is 0 Å². The summed E-state index contributed by atoms with van der Waals surface area (Å²) in [6.07, 6.45) is 7.94. The molecule has 0 fully saturated rings. The van der Waals surface area contributed by atoms with Gasteiger partial charge in [-0.15, -0.1) is 0 Å². The lowest BCUT2D eigenvalue weighted by atomic mass is 10.0. The van der Waals surface area contributed by atoms with Gasteiger partial charge in [-0.3, -0.25) is 9.78 Å². The van der Waals surface area contributed by atoms with Gasteiger partial charge in [-0.05, 0) is 6.07 Å². The average molecular weight is 323 g/mol. The number of aromatic nitrogens is 4. The van der Waals surface area contributed by atoms with Crippen LogP contribution < -0.4 is 10.1 Å². The number of carbonyl (C=O) groups excluding carboxylic acids is 1. The summed E-state index contributed by atoms with van der Waals surface area (Å²) in [5.41, 5.74) is 1.05. The molecule has 0 aliphatic rings. The van der Waals surface area contributed by atoms with Crippen molar-refractivity contribution < 1.29 is 9.53 Å². The molecule has 0 saturated heterocycles. The van der Waals surface area contributed by atoms with Gasteiger partial charge in [0.15, 0.2) is 0 Å². The Morgan fingerprint density at radius 2 is 2.04 bits per heavy atom. The first-order chi connectivity index (χ1) is 11.7. The summed E-state index contributed by atoms with van der Waals surface area (Å²) in [4.78, 5) is 24.9. The number of benzene rings is 1. The van der Waals surface area contributed by atoms with Gasteiger partial charge in [0, 0.05) is 37.4 Å². The zero-order chi connectivity index (χ0) is 16.9. The maximum absolute atomic E-state index is 12.5. The van der Waals surface area contributed by atoms with Crippen molar-refractivity contribution in [3.05, 3.63) is 72.3 Å². The van der Waals surface area contributed by atoms with Crippen molar-refractivity contribution in [2.24, 2.45) is 7.05 Å². The lowest BCUT2D eigenvalue weighted by Crippen LogP contribution is -2.32. The highest BCUT2D eigenvalue weighted by molar-refractivity contribution is 5.92. The number of ether oxygens (including phenoxy) is 1. The van der Waals surface area contributed by atoms with Crippen molar-refractivity contribution in [2.75, 3.05) is 7.11 Å². The van der Waals surface area contributed by atoms with E-state index < -0.39 is 6.04 Å². The van der Waals surface area contributed by atoms with Crippen LogP contribution in [0.25, 0.3) is 0 Å². The van der Waals surface area contributed by atoms with Gasteiger partial charge in [-0.2, -0.15) is 0 Å². The smallest absolute Gasteiger partial charge is 0.272 e. The van der Waals surface area contributed by atoms with Crippen LogP contribution in [0.1, 0.15) is 27.9 Å². The minimum atomic E-state index is -0.476. The standard InChI is InChI=1S/C17H17N5O2/c1-22-10-9-20-16(22)15(12-5-3-4-6-14(12)24-2)21-17(23)13-11-18-7-8-19-13/h3-11,15H,1-2H3,(H,21,23)/t15-/m1/s1. The first-order valence-electron chi connectivity index (χ1n) is 7.37. The summed E-state index contributed by atoms with van der Waals surface area (Å²) in [6.45, 7) is 0. The van der Waals surface area contributed by atoms with E-state index in [2.05, 4.69) is 20.3 Å². The number of hydrogen-bond donors (Lipinski definition) is 1. The number of para-hydroxylation sites is 1. The monoisotopic (exact) mass is 323 g/mol. The number of rotatable bonds is 5. The number of imidazole rings is 1. The molecule has 0 aliphatic heterocycles. The second-order valence-corrected chi connectivity index (χ2v) is 5.14. The summed E-state index contributed by atoms with van der Waals surface area (Å²) < 4.78 is 7.29. The molecule has 2 heterocycles. The van der Waals surface area contributed by atoms with Gasteiger partial charge in [0.25, 0.3) is 5.91 Å². The number of nitrogens with zero attached hydrogens (tertiary/aromatic N) is 4. The Bertz CT molecular complexity index is 832. The van der Waals surface area contributed by atoms with Crippen LogP contribution in [-0.2, 0) is 7.05 Å². The number of aryl methyl sites for hydroxylation is 1. The predicted molar refractivity (Wildman–Crippen MR) is 87.5 cm³/mol. The average Bonchev–Trinajstić information content (AvgIpc) is 3.06. The molecule has 1 atom stereocenters. The van der Waals surface area contributed by atoms with E-state index in [4.69, 9.17) is 4.74 Å². The molecule has 0 aliphatic carbocycles. The Hall–Kier alpha value is -3.22. The molecule has 0 spiro atoms. The quantitative estimate of drug-likeness (QED) is 0.773. The summed E-state index contributed by atoms with van der Waals surface area (Å²) in [7, 11) is 3.47. The van der Waals surface area contributed by atoms with Gasteiger partial charge < -0.3 is 14.6 Å². The molecule has 0 unspecified atom stereocenters. The van der Waals surface area contributed by atoms with Crippen LogP contribution in [0.5, 0.6) is 5.75 Å². The molecule has 0 bridgehead atoms. The van der Waals surface area contributed by atoms with Gasteiger partial charge in [-0.1, -0.05) is 18.2 Å². The minimum absolute atomic E-state index is 0.242. The molecule has 1 aromatic carbocycles. The maximum Gasteiger partial charge on any atom is 0.272 e. The molecule has 24 heavy (non-hydrogen) atoms. The summed E-state index contributed by atoms with van der Waals surface area (Å²) >= 11 is 0. The zero-order valence-electron chi connectivity index (χ0n) is 13.4. The molecule has 7 heteroatoms. The van der Waals surface area contributed by atoms with E-state index in [1.54, 1.807) is 13.3 Å². The van der Waals surface area contributed by atoms with E-state index in [0.29, 0.717) is 11.6 Å². The molecule has 1 amide bonds. The number of methoxy groups -OCH3 is 1. The SMILES string of the molecule is COc1ccccc1[C@@H](NC(=O)c1cnccn1)c1nccn1C. The Kier molecular flexibility index (Phi) is 4.51. The topological polar surface area (TPSA) is 81.9 Å². The van der Waals surface area contributed by atoms with Crippen molar-refractivity contribution in [1.29, 1.82) is 0 Å². The van der Waals surface area contributed by atoms with E-state index in [-0.39, 0.29) is 11.6 Å². The first-order valence-corrected chi connectivity index (χ1v) is 7.37. The molecule has 122 valence electrons. The molecular weight excluding hydrogens is 306 g/mol. The van der Waals surface area contributed by atoms with E-state index in [0.717, 1.165) is 5.56 Å². The Labute approximate surface area is 139 Å². The first kappa shape index (κ1) is 15.7. The third kappa shape index (κ3) is 3.10. The third-order valence-corrected chi connectivity index (χ3v) is 3.64. The number of carbonyl (C=O) groups is 1. The molecular formula is C17H17N5O2. The Balaban J connectivity index is 2.00. The van der Waals surface area contributed by atoms with Crippen LogP contribution in [0.4, 0.5) is 0 Å². The molecule has 1 N–H and O–H groups in total. The molecule has 7 nitrogen and oxygen atoms in total. The second kappa shape index (κ2) is 6.91. The fraction of sp³-hybridized carbons (Fsp3) is 0.176. The van der Waals surface area contributed by atoms with E-state index in [1.807, 2.05) is 42.1 Å². The molecule has 2 aromatic heterocycles. The van der Waals surface area contributed by atoms with E-state index in [1.165, 1.54) is 18.6 Å². The minimum Gasteiger partial charge on any atom is -0.496 e. The number of amides is 1. The summed E-state index contributed by atoms with van der Waals surface area (Å²) in [5.74, 6) is 1.03. The summed E-state index contributed by atoms with van der Waals surface area (Å²) in [6, 6.07) is 7.04. The zero-order valence-corrected chi connectivity index (χ0v) is 13.4. The Morgan fingerprint density at radius 1 is 1.21 bits per heavy atom. The maximum atomic E-state index is 12.5. The Morgan fingerprint density at radius 3 is 2.71 bits per heavy atom. The van der Waals surface area contributed by atoms with Gasteiger partial charge in [0.2, 0.25) is 0 Å². The highest BCUT2D eigenvalue weighted by Crippen LogP contribution is 2.29. The predicted octanol–water partition coefficient (Wildman–Crippen LogP) is 1.74. The van der Waals surface area contributed by atoms with E-state index >= 15 is 0 Å². The van der Waals surface area contributed by atoms with Crippen molar-refractivity contribution in [3.8, 4) is 5.75 Å². The summed E-state index contributed by atoms with van der Waals surface area (Å²) in [5, 5.41) is 2.96. The van der Waals surface area contributed by atoms with Crippen LogP contribution in [0.15, 0.2) is 55.2 Å². The van der Waals surface area contributed by atoms with E-state index in [9.17, 15) is 4.79 Å². The molecule has 3 aromatic rings. The fourth-order valence-electron chi connectivity index (χ4n) is 2.46. The van der Waals surface area contributed by atoms with Crippen LogP contribution in [0.2, 0.25) is 0 Å². The van der Waals surface area contributed by atoms with Crippen molar-refractivity contribution in [3.63, 3.8) is 0 Å². The normalized spacial score (nSPS) is 11.8. The van der Waals surface area contributed by atoms with Crippen LogP contribution >= 0.6 is 0 Å². The van der Waals surface area contributed by atoms with Gasteiger partial charge in [-0.25, -0.2) is 9.97 Å².